The molecule has 2 bridgehead atoms. The minimum absolute atomic E-state index is 0.0166. The molecular weight excluding hydrogens is 220 g/mol. The number of amides is 1. The largest absolute Gasteiger partial charge is 0.343 e. The molecule has 0 N–H and O–H groups in total. The summed E-state index contributed by atoms with van der Waals surface area (Å²) in [5.74, 6) is 0.389. The van der Waals surface area contributed by atoms with E-state index < -0.39 is 0 Å². The summed E-state index contributed by atoms with van der Waals surface area (Å²) in [7, 11) is 0. The lowest BCUT2D eigenvalue weighted by molar-refractivity contribution is -0.211. The van der Waals surface area contributed by atoms with Gasteiger partial charge in [0.25, 0.3) is 0 Å². The number of carbonyl (C=O) groups excluding carboxylic acids is 2. The van der Waals surface area contributed by atoms with Gasteiger partial charge >= 0.3 is 0 Å². The number of piperidine rings is 1. The second kappa shape index (κ2) is 3.78. The zero-order chi connectivity index (χ0) is 12.0. The lowest BCUT2D eigenvalue weighted by atomic mass is 9.83. The number of Topliss-reactive ketones (excluding diaryl/α,β-unsaturated/α-hetero) is 1. The quantitative estimate of drug-likeness (QED) is 0.611. The van der Waals surface area contributed by atoms with Crippen molar-refractivity contribution < 1.29 is 14.4 Å². The molecule has 2 unspecified atom stereocenters. The highest BCUT2D eigenvalue weighted by atomic mass is 16.7. The van der Waals surface area contributed by atoms with Gasteiger partial charge in [0.15, 0.2) is 5.78 Å². The zero-order valence-corrected chi connectivity index (χ0v) is 10.1. The van der Waals surface area contributed by atoms with E-state index in [0.717, 1.165) is 38.9 Å². The molecule has 0 aromatic heterocycles. The van der Waals surface area contributed by atoms with Crippen LogP contribution in [0.1, 0.15) is 32.6 Å². The van der Waals surface area contributed by atoms with Gasteiger partial charge in [0.2, 0.25) is 5.91 Å². The van der Waals surface area contributed by atoms with Crippen LogP contribution in [0.2, 0.25) is 0 Å². The average Bonchev–Trinajstić information content (AvgIpc) is 2.60. The van der Waals surface area contributed by atoms with Gasteiger partial charge in [0.05, 0.1) is 5.54 Å². The van der Waals surface area contributed by atoms with E-state index in [-0.39, 0.29) is 23.3 Å². The van der Waals surface area contributed by atoms with Crippen molar-refractivity contribution in [3.8, 4) is 0 Å². The molecular formula is C12H18N2O3. The van der Waals surface area contributed by atoms with Gasteiger partial charge in [0, 0.05) is 39.4 Å². The number of hydrogen-bond acceptors (Lipinski definition) is 4. The summed E-state index contributed by atoms with van der Waals surface area (Å²) in [5, 5.41) is 2.02. The summed E-state index contributed by atoms with van der Waals surface area (Å²) in [4.78, 5) is 30.5. The molecule has 1 amide bonds. The molecule has 0 radical (unpaired) electrons. The molecule has 3 aliphatic rings. The first kappa shape index (κ1) is 11.2. The van der Waals surface area contributed by atoms with Crippen LogP contribution in [0, 0.1) is 0 Å². The number of ketones is 1. The molecule has 0 aliphatic carbocycles. The molecule has 3 rings (SSSR count). The van der Waals surface area contributed by atoms with Crippen molar-refractivity contribution in [1.29, 1.82) is 0 Å². The van der Waals surface area contributed by atoms with E-state index in [4.69, 9.17) is 4.84 Å². The Morgan fingerprint density at radius 1 is 1.35 bits per heavy atom. The number of likely N-dealkylation sites (tertiary alicyclic amines) is 1. The van der Waals surface area contributed by atoms with Gasteiger partial charge < -0.3 is 4.90 Å². The molecule has 3 aliphatic heterocycles. The first-order valence-electron chi connectivity index (χ1n) is 6.33. The van der Waals surface area contributed by atoms with Gasteiger partial charge in [0.1, 0.15) is 6.10 Å². The second-order valence-electron chi connectivity index (χ2n) is 5.35. The topological polar surface area (TPSA) is 49.9 Å². The molecule has 0 saturated carbocycles. The van der Waals surface area contributed by atoms with Gasteiger partial charge in [-0.3, -0.25) is 14.4 Å². The fourth-order valence-corrected chi connectivity index (χ4v) is 3.28. The molecule has 3 saturated heterocycles. The lowest BCUT2D eigenvalue weighted by Gasteiger charge is -2.42. The van der Waals surface area contributed by atoms with Crippen LogP contribution in [-0.4, -0.2) is 52.9 Å². The Balaban J connectivity index is 1.73. The second-order valence-corrected chi connectivity index (χ2v) is 5.35. The Morgan fingerprint density at radius 2 is 2.06 bits per heavy atom. The Bertz CT molecular complexity index is 361. The number of hydroxylamine groups is 2. The maximum Gasteiger partial charge on any atom is 0.219 e. The van der Waals surface area contributed by atoms with Gasteiger partial charge in [-0.1, -0.05) is 0 Å². The summed E-state index contributed by atoms with van der Waals surface area (Å²) >= 11 is 0. The number of fused-ring (bicyclic) bond motifs is 3. The van der Waals surface area contributed by atoms with Crippen LogP contribution in [0.4, 0.5) is 0 Å². The molecule has 0 aromatic rings. The zero-order valence-electron chi connectivity index (χ0n) is 10.1. The van der Waals surface area contributed by atoms with Crippen LogP contribution in [0.25, 0.3) is 0 Å². The molecule has 0 aromatic carbocycles. The molecule has 5 heteroatoms. The first-order chi connectivity index (χ1) is 8.11. The standard InChI is InChI=1S/C12H18N2O3/c1-9(15)13-6-3-12(4-7-13)8-11-10(16)2-5-14(12)17-11/h11H,2-8H2,1H3. The number of hydrogen-bond donors (Lipinski definition) is 0. The summed E-state index contributed by atoms with van der Waals surface area (Å²) in [6.07, 6.45) is 3.07. The smallest absolute Gasteiger partial charge is 0.219 e. The van der Waals surface area contributed by atoms with E-state index in [1.165, 1.54) is 0 Å². The normalized spacial score (nSPS) is 35.4. The highest BCUT2D eigenvalue weighted by Crippen LogP contribution is 2.42. The van der Waals surface area contributed by atoms with Crippen LogP contribution in [-0.2, 0) is 14.4 Å². The fraction of sp³-hybridized carbons (Fsp3) is 0.833. The third-order valence-corrected chi connectivity index (χ3v) is 4.41. The minimum Gasteiger partial charge on any atom is -0.343 e. The van der Waals surface area contributed by atoms with E-state index in [1.807, 2.05) is 9.96 Å². The molecule has 94 valence electrons. The predicted molar refractivity (Wildman–Crippen MR) is 60.0 cm³/mol. The molecule has 3 fully saturated rings. The monoisotopic (exact) mass is 238 g/mol. The van der Waals surface area contributed by atoms with Crippen LogP contribution < -0.4 is 0 Å². The Morgan fingerprint density at radius 3 is 2.65 bits per heavy atom. The maximum atomic E-state index is 11.6. The first-order valence-corrected chi connectivity index (χ1v) is 6.33. The highest BCUT2D eigenvalue weighted by molar-refractivity contribution is 5.84. The Hall–Kier alpha value is -0.940. The molecule has 5 nitrogen and oxygen atoms in total. The van der Waals surface area contributed by atoms with Crippen LogP contribution in [0.3, 0.4) is 0 Å². The summed E-state index contributed by atoms with van der Waals surface area (Å²) < 4.78 is 0. The molecule has 3 heterocycles. The lowest BCUT2D eigenvalue weighted by Crippen LogP contribution is -2.52. The highest BCUT2D eigenvalue weighted by Gasteiger charge is 2.52. The molecule has 1 spiro atoms. The van der Waals surface area contributed by atoms with E-state index in [0.29, 0.717) is 6.42 Å². The van der Waals surface area contributed by atoms with E-state index in [2.05, 4.69) is 0 Å². The third-order valence-electron chi connectivity index (χ3n) is 4.41. The van der Waals surface area contributed by atoms with E-state index in [9.17, 15) is 9.59 Å². The number of carbonyl (C=O) groups is 2. The van der Waals surface area contributed by atoms with Crippen molar-refractivity contribution in [3.63, 3.8) is 0 Å². The number of rotatable bonds is 0. The summed E-state index contributed by atoms with van der Waals surface area (Å²) in [6.45, 7) is 3.91. The van der Waals surface area contributed by atoms with Crippen LogP contribution in [0.15, 0.2) is 0 Å². The van der Waals surface area contributed by atoms with Crippen molar-refractivity contribution in [2.75, 3.05) is 19.6 Å². The van der Waals surface area contributed by atoms with Gasteiger partial charge in [-0.05, 0) is 12.8 Å². The Kier molecular flexibility index (Phi) is 2.48. The van der Waals surface area contributed by atoms with Crippen molar-refractivity contribution in [3.05, 3.63) is 0 Å². The van der Waals surface area contributed by atoms with Crippen molar-refractivity contribution in [2.45, 2.75) is 44.2 Å². The fourth-order valence-electron chi connectivity index (χ4n) is 3.28. The van der Waals surface area contributed by atoms with Crippen molar-refractivity contribution >= 4 is 11.7 Å². The van der Waals surface area contributed by atoms with E-state index >= 15 is 0 Å². The van der Waals surface area contributed by atoms with Gasteiger partial charge in [-0.15, -0.1) is 0 Å². The summed E-state index contributed by atoms with van der Waals surface area (Å²) in [6, 6.07) is 0. The van der Waals surface area contributed by atoms with Crippen LogP contribution >= 0.6 is 0 Å². The van der Waals surface area contributed by atoms with E-state index in [1.54, 1.807) is 6.92 Å². The SMILES string of the molecule is CC(=O)N1CCC2(CC1)CC1ON2CCC1=O. The van der Waals surface area contributed by atoms with Crippen molar-refractivity contribution in [1.82, 2.24) is 9.96 Å². The summed E-state index contributed by atoms with van der Waals surface area (Å²) in [5.41, 5.74) is 0.0166. The van der Waals surface area contributed by atoms with Gasteiger partial charge in [-0.25, -0.2) is 0 Å². The molecule has 2 atom stereocenters. The van der Waals surface area contributed by atoms with Crippen LogP contribution in [0.5, 0.6) is 0 Å². The third kappa shape index (κ3) is 1.68. The molecule has 17 heavy (non-hydrogen) atoms. The average molecular weight is 238 g/mol. The van der Waals surface area contributed by atoms with Gasteiger partial charge in [-0.2, -0.15) is 5.06 Å². The van der Waals surface area contributed by atoms with Crippen molar-refractivity contribution in [2.24, 2.45) is 0 Å². The maximum absolute atomic E-state index is 11.6. The Labute approximate surface area is 101 Å². The predicted octanol–water partition coefficient (Wildman–Crippen LogP) is 0.346. The minimum atomic E-state index is -0.215. The number of nitrogens with zero attached hydrogens (tertiary/aromatic N) is 2.